The molecule has 0 aromatic carbocycles. The van der Waals surface area contributed by atoms with Gasteiger partial charge in [-0.2, -0.15) is 5.10 Å². The van der Waals surface area contributed by atoms with Crippen molar-refractivity contribution in [1.29, 1.82) is 0 Å². The predicted octanol–water partition coefficient (Wildman–Crippen LogP) is 1.10. The van der Waals surface area contributed by atoms with Gasteiger partial charge in [-0.3, -0.25) is 19.3 Å². The minimum absolute atomic E-state index is 0.00209. The maximum atomic E-state index is 11.7. The molecule has 1 N–H and O–H groups in total. The Labute approximate surface area is 121 Å². The Morgan fingerprint density at radius 1 is 1.43 bits per heavy atom. The second-order valence-electron chi connectivity index (χ2n) is 4.11. The highest BCUT2D eigenvalue weighted by Gasteiger charge is 2.05. The second-order valence-corrected chi connectivity index (χ2v) is 4.11. The number of esters is 1. The summed E-state index contributed by atoms with van der Waals surface area (Å²) in [7, 11) is 1.30. The molecule has 0 saturated carbocycles. The van der Waals surface area contributed by atoms with Gasteiger partial charge in [0.1, 0.15) is 6.54 Å². The van der Waals surface area contributed by atoms with E-state index >= 15 is 0 Å². The Bertz CT molecular complexity index is 649. The Balaban J connectivity index is 1.91. The average molecular weight is 286 g/mol. The SMILES string of the molecule is COC(=O)Cn1cc(NC(=O)/C=C/c2cccnc2)cn1. The number of carbonyl (C=O) groups is 2. The summed E-state index contributed by atoms with van der Waals surface area (Å²) in [5.41, 5.74) is 1.33. The topological polar surface area (TPSA) is 86.1 Å². The molecular formula is C14H14N4O3. The Morgan fingerprint density at radius 3 is 3.00 bits per heavy atom. The van der Waals surface area contributed by atoms with Crippen LogP contribution in [0.15, 0.2) is 43.0 Å². The molecule has 0 spiro atoms. The molecule has 0 aliphatic heterocycles. The first-order valence-corrected chi connectivity index (χ1v) is 6.16. The molecule has 2 aromatic heterocycles. The largest absolute Gasteiger partial charge is 0.468 e. The van der Waals surface area contributed by atoms with Crippen molar-refractivity contribution in [2.45, 2.75) is 6.54 Å². The lowest BCUT2D eigenvalue weighted by Crippen LogP contribution is -2.11. The van der Waals surface area contributed by atoms with Gasteiger partial charge in [-0.1, -0.05) is 6.07 Å². The lowest BCUT2D eigenvalue weighted by molar-refractivity contribution is -0.141. The number of aromatic nitrogens is 3. The molecule has 2 aromatic rings. The van der Waals surface area contributed by atoms with Crippen molar-refractivity contribution in [1.82, 2.24) is 14.8 Å². The maximum Gasteiger partial charge on any atom is 0.327 e. The summed E-state index contributed by atoms with van der Waals surface area (Å²) >= 11 is 0. The number of ether oxygens (including phenoxy) is 1. The second kappa shape index (κ2) is 6.99. The summed E-state index contributed by atoms with van der Waals surface area (Å²) in [6.45, 7) is -0.00209. The van der Waals surface area contributed by atoms with Gasteiger partial charge in [-0.25, -0.2) is 0 Å². The third kappa shape index (κ3) is 4.57. The fourth-order valence-electron chi connectivity index (χ4n) is 1.54. The summed E-state index contributed by atoms with van der Waals surface area (Å²) in [4.78, 5) is 26.8. The van der Waals surface area contributed by atoms with E-state index in [1.165, 1.54) is 24.1 Å². The van der Waals surface area contributed by atoms with Gasteiger partial charge in [-0.05, 0) is 17.7 Å². The predicted molar refractivity (Wildman–Crippen MR) is 76.1 cm³/mol. The summed E-state index contributed by atoms with van der Waals surface area (Å²) < 4.78 is 5.91. The summed E-state index contributed by atoms with van der Waals surface area (Å²) in [6.07, 6.45) is 9.37. The average Bonchev–Trinajstić information content (AvgIpc) is 2.93. The van der Waals surface area contributed by atoms with Crippen LogP contribution in [-0.4, -0.2) is 33.8 Å². The molecule has 0 unspecified atom stereocenters. The Morgan fingerprint density at radius 2 is 2.29 bits per heavy atom. The molecule has 1 amide bonds. The van der Waals surface area contributed by atoms with Crippen molar-refractivity contribution < 1.29 is 14.3 Å². The number of methoxy groups -OCH3 is 1. The van der Waals surface area contributed by atoms with Crippen LogP contribution in [0.25, 0.3) is 6.08 Å². The lowest BCUT2D eigenvalue weighted by atomic mass is 10.2. The van der Waals surface area contributed by atoms with Gasteiger partial charge < -0.3 is 10.1 Å². The van der Waals surface area contributed by atoms with Gasteiger partial charge in [0.2, 0.25) is 5.91 Å². The molecule has 7 nitrogen and oxygen atoms in total. The molecule has 0 saturated heterocycles. The molecule has 2 rings (SSSR count). The molecular weight excluding hydrogens is 272 g/mol. The van der Waals surface area contributed by atoms with Crippen LogP contribution in [0.3, 0.4) is 0 Å². The van der Waals surface area contributed by atoms with Gasteiger partial charge in [0.15, 0.2) is 0 Å². The standard InChI is InChI=1S/C14H14N4O3/c1-21-14(20)10-18-9-12(8-16-18)17-13(19)5-4-11-3-2-6-15-7-11/h2-9H,10H2,1H3,(H,17,19)/b5-4+. The van der Waals surface area contributed by atoms with Gasteiger partial charge >= 0.3 is 5.97 Å². The van der Waals surface area contributed by atoms with E-state index in [1.807, 2.05) is 6.07 Å². The zero-order chi connectivity index (χ0) is 15.1. The zero-order valence-electron chi connectivity index (χ0n) is 11.4. The number of pyridine rings is 1. The smallest absolute Gasteiger partial charge is 0.327 e. The van der Waals surface area contributed by atoms with Crippen molar-refractivity contribution in [3.8, 4) is 0 Å². The van der Waals surface area contributed by atoms with Crippen molar-refractivity contribution in [3.05, 3.63) is 48.6 Å². The summed E-state index contributed by atoms with van der Waals surface area (Å²) in [5.74, 6) is -0.705. The number of carbonyl (C=O) groups excluding carboxylic acids is 2. The molecule has 21 heavy (non-hydrogen) atoms. The van der Waals surface area contributed by atoms with Crippen LogP contribution in [0.2, 0.25) is 0 Å². The van der Waals surface area contributed by atoms with E-state index in [1.54, 1.807) is 30.7 Å². The van der Waals surface area contributed by atoms with E-state index in [0.717, 1.165) is 5.56 Å². The number of hydrogen-bond donors (Lipinski definition) is 1. The molecule has 108 valence electrons. The van der Waals surface area contributed by atoms with Crippen LogP contribution in [0.5, 0.6) is 0 Å². The number of anilines is 1. The summed E-state index contributed by atoms with van der Waals surface area (Å²) in [5, 5.41) is 6.58. The molecule has 0 aliphatic carbocycles. The fraction of sp³-hybridized carbons (Fsp3) is 0.143. The van der Waals surface area contributed by atoms with Crippen LogP contribution >= 0.6 is 0 Å². The maximum absolute atomic E-state index is 11.7. The third-order valence-corrected chi connectivity index (χ3v) is 2.53. The normalized spacial score (nSPS) is 10.5. The first kappa shape index (κ1) is 14.4. The first-order chi connectivity index (χ1) is 10.2. The quantitative estimate of drug-likeness (QED) is 0.657. The van der Waals surface area contributed by atoms with Crippen LogP contribution < -0.4 is 5.32 Å². The number of nitrogens with one attached hydrogen (secondary N) is 1. The van der Waals surface area contributed by atoms with Gasteiger partial charge in [0, 0.05) is 24.7 Å². The van der Waals surface area contributed by atoms with E-state index in [2.05, 4.69) is 20.1 Å². The highest BCUT2D eigenvalue weighted by Crippen LogP contribution is 2.06. The van der Waals surface area contributed by atoms with Crippen molar-refractivity contribution in [2.75, 3.05) is 12.4 Å². The highest BCUT2D eigenvalue weighted by molar-refractivity contribution is 6.01. The highest BCUT2D eigenvalue weighted by atomic mass is 16.5. The first-order valence-electron chi connectivity index (χ1n) is 6.16. The summed E-state index contributed by atoms with van der Waals surface area (Å²) in [6, 6.07) is 3.62. The Hall–Kier alpha value is -2.96. The minimum Gasteiger partial charge on any atom is -0.468 e. The van der Waals surface area contributed by atoms with Crippen LogP contribution in [0.1, 0.15) is 5.56 Å². The van der Waals surface area contributed by atoms with Crippen molar-refractivity contribution >= 4 is 23.6 Å². The van der Waals surface area contributed by atoms with E-state index in [0.29, 0.717) is 5.69 Å². The number of amides is 1. The monoisotopic (exact) mass is 286 g/mol. The van der Waals surface area contributed by atoms with Crippen molar-refractivity contribution in [3.63, 3.8) is 0 Å². The van der Waals surface area contributed by atoms with Gasteiger partial charge in [-0.15, -0.1) is 0 Å². The lowest BCUT2D eigenvalue weighted by Gasteiger charge is -1.99. The molecule has 0 radical (unpaired) electrons. The molecule has 0 fully saturated rings. The molecule has 2 heterocycles. The fourth-order valence-corrected chi connectivity index (χ4v) is 1.54. The molecule has 7 heteroatoms. The molecule has 0 bridgehead atoms. The van der Waals surface area contributed by atoms with E-state index in [9.17, 15) is 9.59 Å². The van der Waals surface area contributed by atoms with E-state index < -0.39 is 5.97 Å². The minimum atomic E-state index is -0.410. The number of nitrogens with zero attached hydrogens (tertiary/aromatic N) is 3. The van der Waals surface area contributed by atoms with E-state index in [4.69, 9.17) is 0 Å². The Kier molecular flexibility index (Phi) is 4.81. The molecule has 0 atom stereocenters. The third-order valence-electron chi connectivity index (χ3n) is 2.53. The van der Waals surface area contributed by atoms with Crippen LogP contribution in [0.4, 0.5) is 5.69 Å². The van der Waals surface area contributed by atoms with Gasteiger partial charge in [0.05, 0.1) is 19.0 Å². The zero-order valence-corrected chi connectivity index (χ0v) is 11.4. The van der Waals surface area contributed by atoms with Crippen molar-refractivity contribution in [2.24, 2.45) is 0 Å². The van der Waals surface area contributed by atoms with Crippen LogP contribution in [0, 0.1) is 0 Å². The number of hydrogen-bond acceptors (Lipinski definition) is 5. The number of rotatable bonds is 5. The van der Waals surface area contributed by atoms with Gasteiger partial charge in [0.25, 0.3) is 0 Å². The molecule has 0 aliphatic rings. The van der Waals surface area contributed by atoms with Crippen LogP contribution in [-0.2, 0) is 20.9 Å². The van der Waals surface area contributed by atoms with E-state index in [-0.39, 0.29) is 12.5 Å².